The summed E-state index contributed by atoms with van der Waals surface area (Å²) in [6.07, 6.45) is 0.955. The van der Waals surface area contributed by atoms with Crippen LogP contribution in [-0.2, 0) is 4.74 Å². The fourth-order valence-corrected chi connectivity index (χ4v) is 2.21. The van der Waals surface area contributed by atoms with Crippen LogP contribution in [0.2, 0.25) is 0 Å². The van der Waals surface area contributed by atoms with E-state index in [1.165, 1.54) is 0 Å². The number of aromatic nitrogens is 2. The van der Waals surface area contributed by atoms with Crippen LogP contribution >= 0.6 is 0 Å². The Morgan fingerprint density at radius 3 is 3.00 bits per heavy atom. The molecule has 1 aromatic heterocycles. The normalized spacial score (nSPS) is 18.7. The Bertz CT molecular complexity index is 574. The van der Waals surface area contributed by atoms with Crippen LogP contribution in [0, 0.1) is 6.92 Å². The number of rotatable bonds is 3. The van der Waals surface area contributed by atoms with Gasteiger partial charge in [-0.15, -0.1) is 0 Å². The second kappa shape index (κ2) is 5.01. The second-order valence-corrected chi connectivity index (χ2v) is 4.70. The molecule has 0 aliphatic carbocycles. The number of benzene rings is 1. The molecule has 0 bridgehead atoms. The molecule has 5 heteroatoms. The number of aryl methyl sites for hydroxylation is 1. The summed E-state index contributed by atoms with van der Waals surface area (Å²) in [7, 11) is 1.65. The molecule has 2 heterocycles. The molecular weight excluding hydrogens is 244 g/mol. The smallest absolute Gasteiger partial charge is 0.258 e. The summed E-state index contributed by atoms with van der Waals surface area (Å²) in [4.78, 5) is 4.45. The van der Waals surface area contributed by atoms with Crippen molar-refractivity contribution < 1.29 is 14.0 Å². The molecular formula is C14H16N2O3. The molecule has 0 radical (unpaired) electrons. The fraction of sp³-hybridized carbons (Fsp3) is 0.429. The lowest BCUT2D eigenvalue weighted by Crippen LogP contribution is -1.99. The monoisotopic (exact) mass is 260 g/mol. The van der Waals surface area contributed by atoms with E-state index in [9.17, 15) is 0 Å². The van der Waals surface area contributed by atoms with Gasteiger partial charge >= 0.3 is 0 Å². The van der Waals surface area contributed by atoms with Gasteiger partial charge in [0, 0.05) is 18.1 Å². The highest BCUT2D eigenvalue weighted by Crippen LogP contribution is 2.28. The molecule has 1 aliphatic heterocycles. The number of ether oxygens (including phenoxy) is 2. The molecule has 2 aromatic rings. The molecule has 0 saturated carbocycles. The van der Waals surface area contributed by atoms with Crippen LogP contribution in [0.1, 0.15) is 23.7 Å². The number of methoxy groups -OCH3 is 1. The van der Waals surface area contributed by atoms with Crippen LogP contribution in [-0.4, -0.2) is 30.5 Å². The third kappa shape index (κ3) is 2.33. The average molecular weight is 260 g/mol. The van der Waals surface area contributed by atoms with Crippen molar-refractivity contribution in [2.24, 2.45) is 0 Å². The largest absolute Gasteiger partial charge is 0.496 e. The highest BCUT2D eigenvalue weighted by atomic mass is 16.5. The first-order valence-corrected chi connectivity index (χ1v) is 6.34. The summed E-state index contributed by atoms with van der Waals surface area (Å²) in [6.45, 7) is 3.45. The molecule has 3 rings (SSSR count). The van der Waals surface area contributed by atoms with Crippen molar-refractivity contribution in [1.82, 2.24) is 10.1 Å². The van der Waals surface area contributed by atoms with E-state index in [0.717, 1.165) is 35.7 Å². The van der Waals surface area contributed by atoms with Gasteiger partial charge < -0.3 is 14.0 Å². The minimum atomic E-state index is 0.254. The molecule has 1 aromatic carbocycles. The minimum Gasteiger partial charge on any atom is -0.496 e. The Hall–Kier alpha value is -1.88. The van der Waals surface area contributed by atoms with E-state index in [-0.39, 0.29) is 5.92 Å². The maximum absolute atomic E-state index is 5.34. The summed E-state index contributed by atoms with van der Waals surface area (Å²) in [5.41, 5.74) is 1.95. The van der Waals surface area contributed by atoms with Crippen LogP contribution in [0.3, 0.4) is 0 Å². The molecule has 1 aliphatic rings. The standard InChI is InChI=1S/C14H16N2O3/c1-9-3-4-10(7-12(9)17-2)14-15-13(16-19-14)11-5-6-18-8-11/h3-4,7,11H,5-6,8H2,1-2H3. The van der Waals surface area contributed by atoms with E-state index in [0.29, 0.717) is 12.5 Å². The van der Waals surface area contributed by atoms with Crippen molar-refractivity contribution in [2.75, 3.05) is 20.3 Å². The van der Waals surface area contributed by atoms with Crippen molar-refractivity contribution in [3.63, 3.8) is 0 Å². The van der Waals surface area contributed by atoms with Crippen LogP contribution in [0.15, 0.2) is 22.7 Å². The summed E-state index contributed by atoms with van der Waals surface area (Å²) in [5, 5.41) is 4.05. The van der Waals surface area contributed by atoms with Gasteiger partial charge in [-0.1, -0.05) is 11.2 Å². The van der Waals surface area contributed by atoms with Crippen LogP contribution in [0.25, 0.3) is 11.5 Å². The lowest BCUT2D eigenvalue weighted by Gasteiger charge is -2.04. The van der Waals surface area contributed by atoms with Gasteiger partial charge in [-0.05, 0) is 31.0 Å². The van der Waals surface area contributed by atoms with Crippen molar-refractivity contribution >= 4 is 0 Å². The van der Waals surface area contributed by atoms with Crippen LogP contribution in [0.5, 0.6) is 5.75 Å². The molecule has 1 saturated heterocycles. The molecule has 1 unspecified atom stereocenters. The molecule has 1 atom stereocenters. The summed E-state index contributed by atoms with van der Waals surface area (Å²) < 4.78 is 16.0. The Kier molecular flexibility index (Phi) is 3.21. The zero-order valence-corrected chi connectivity index (χ0v) is 11.0. The van der Waals surface area contributed by atoms with Gasteiger partial charge in [-0.25, -0.2) is 0 Å². The highest BCUT2D eigenvalue weighted by molar-refractivity contribution is 5.57. The Morgan fingerprint density at radius 2 is 2.26 bits per heavy atom. The zero-order valence-electron chi connectivity index (χ0n) is 11.0. The molecule has 0 amide bonds. The van der Waals surface area contributed by atoms with Crippen molar-refractivity contribution in [1.29, 1.82) is 0 Å². The van der Waals surface area contributed by atoms with E-state index in [2.05, 4.69) is 10.1 Å². The molecule has 0 N–H and O–H groups in total. The number of hydrogen-bond donors (Lipinski definition) is 0. The van der Waals surface area contributed by atoms with Gasteiger partial charge in [-0.2, -0.15) is 4.98 Å². The summed E-state index contributed by atoms with van der Waals surface area (Å²) in [6, 6.07) is 5.86. The minimum absolute atomic E-state index is 0.254. The first kappa shape index (κ1) is 12.2. The predicted octanol–water partition coefficient (Wildman–Crippen LogP) is 2.56. The van der Waals surface area contributed by atoms with E-state index >= 15 is 0 Å². The van der Waals surface area contributed by atoms with Gasteiger partial charge in [0.25, 0.3) is 5.89 Å². The van der Waals surface area contributed by atoms with Gasteiger partial charge in [0.1, 0.15) is 5.75 Å². The predicted molar refractivity (Wildman–Crippen MR) is 69.2 cm³/mol. The first-order valence-electron chi connectivity index (χ1n) is 6.34. The van der Waals surface area contributed by atoms with E-state index in [1.807, 2.05) is 25.1 Å². The van der Waals surface area contributed by atoms with E-state index in [4.69, 9.17) is 14.0 Å². The van der Waals surface area contributed by atoms with Crippen molar-refractivity contribution in [2.45, 2.75) is 19.3 Å². The molecule has 5 nitrogen and oxygen atoms in total. The third-order valence-electron chi connectivity index (χ3n) is 3.39. The van der Waals surface area contributed by atoms with E-state index in [1.54, 1.807) is 7.11 Å². The van der Waals surface area contributed by atoms with E-state index < -0.39 is 0 Å². The maximum Gasteiger partial charge on any atom is 0.258 e. The highest BCUT2D eigenvalue weighted by Gasteiger charge is 2.23. The SMILES string of the molecule is COc1cc(-c2nc(C3CCOC3)no2)ccc1C. The lowest BCUT2D eigenvalue weighted by molar-refractivity contribution is 0.192. The zero-order chi connectivity index (χ0) is 13.2. The molecule has 100 valence electrons. The van der Waals surface area contributed by atoms with Crippen LogP contribution < -0.4 is 4.74 Å². The van der Waals surface area contributed by atoms with Gasteiger partial charge in [0.15, 0.2) is 5.82 Å². The van der Waals surface area contributed by atoms with Crippen LogP contribution in [0.4, 0.5) is 0 Å². The quantitative estimate of drug-likeness (QED) is 0.848. The molecule has 1 fully saturated rings. The summed E-state index contributed by atoms with van der Waals surface area (Å²) >= 11 is 0. The van der Waals surface area contributed by atoms with Crippen molar-refractivity contribution in [3.8, 4) is 17.2 Å². The molecule has 0 spiro atoms. The van der Waals surface area contributed by atoms with Gasteiger partial charge in [-0.3, -0.25) is 0 Å². The fourth-order valence-electron chi connectivity index (χ4n) is 2.21. The average Bonchev–Trinajstić information content (AvgIpc) is 3.10. The maximum atomic E-state index is 5.34. The Balaban J connectivity index is 1.89. The topological polar surface area (TPSA) is 57.4 Å². The number of hydrogen-bond acceptors (Lipinski definition) is 5. The van der Waals surface area contributed by atoms with Gasteiger partial charge in [0.2, 0.25) is 0 Å². The Morgan fingerprint density at radius 1 is 1.37 bits per heavy atom. The first-order chi connectivity index (χ1) is 9.28. The lowest BCUT2D eigenvalue weighted by atomic mass is 10.1. The summed E-state index contributed by atoms with van der Waals surface area (Å²) in [5.74, 6) is 2.33. The van der Waals surface area contributed by atoms with Gasteiger partial charge in [0.05, 0.1) is 13.7 Å². The third-order valence-corrected chi connectivity index (χ3v) is 3.39. The molecule has 19 heavy (non-hydrogen) atoms. The second-order valence-electron chi connectivity index (χ2n) is 4.70. The Labute approximate surface area is 111 Å². The van der Waals surface area contributed by atoms with Crippen molar-refractivity contribution in [3.05, 3.63) is 29.6 Å². The number of nitrogens with zero attached hydrogens (tertiary/aromatic N) is 2.